The molecule has 1 aliphatic carbocycles. The van der Waals surface area contributed by atoms with E-state index in [9.17, 15) is 9.59 Å². The van der Waals surface area contributed by atoms with Gasteiger partial charge in [-0.05, 0) is 62.1 Å². The zero-order valence-corrected chi connectivity index (χ0v) is 18.3. The molecule has 5 heteroatoms. The van der Waals surface area contributed by atoms with Crippen molar-refractivity contribution in [2.75, 3.05) is 25.1 Å². The van der Waals surface area contributed by atoms with E-state index < -0.39 is 0 Å². The maximum absolute atomic E-state index is 12.7. The minimum atomic E-state index is 0.0941. The smallest absolute Gasteiger partial charge is 0.224 e. The van der Waals surface area contributed by atoms with E-state index in [0.29, 0.717) is 24.8 Å². The van der Waals surface area contributed by atoms with Crippen LogP contribution in [0.2, 0.25) is 0 Å². The molecule has 1 aromatic carbocycles. The van der Waals surface area contributed by atoms with Crippen LogP contribution < -0.4 is 5.32 Å². The highest BCUT2D eigenvalue weighted by Crippen LogP contribution is 2.27. The van der Waals surface area contributed by atoms with Crippen LogP contribution in [0.25, 0.3) is 6.08 Å². The van der Waals surface area contributed by atoms with Crippen LogP contribution in [-0.2, 0) is 14.3 Å². The van der Waals surface area contributed by atoms with Crippen LogP contribution in [0.3, 0.4) is 0 Å². The fourth-order valence-electron chi connectivity index (χ4n) is 4.58. The summed E-state index contributed by atoms with van der Waals surface area (Å²) in [5.41, 5.74) is 2.86. The molecule has 0 spiro atoms. The lowest BCUT2D eigenvalue weighted by molar-refractivity contribution is -0.117. The molecule has 1 aliphatic heterocycles. The van der Waals surface area contributed by atoms with Gasteiger partial charge in [-0.15, -0.1) is 0 Å². The second-order valence-electron chi connectivity index (χ2n) is 8.82. The number of hydrogen-bond acceptors (Lipinski definition) is 3. The van der Waals surface area contributed by atoms with E-state index in [1.165, 1.54) is 25.7 Å². The first-order chi connectivity index (χ1) is 14.7. The zero-order chi connectivity index (χ0) is 21.2. The average molecular weight is 413 g/mol. The predicted octanol–water partition coefficient (Wildman–Crippen LogP) is 5.15. The molecule has 0 aromatic heterocycles. The fraction of sp³-hybridized carbons (Fsp3) is 0.600. The van der Waals surface area contributed by atoms with Crippen molar-refractivity contribution >= 4 is 24.1 Å². The first-order valence-corrected chi connectivity index (χ1v) is 11.5. The van der Waals surface area contributed by atoms with E-state index in [0.717, 1.165) is 62.1 Å². The van der Waals surface area contributed by atoms with Gasteiger partial charge in [-0.2, -0.15) is 0 Å². The third-order valence-electron chi connectivity index (χ3n) is 6.42. The zero-order valence-electron chi connectivity index (χ0n) is 18.3. The number of ether oxygens (including phenoxy) is 1. The van der Waals surface area contributed by atoms with Crippen LogP contribution in [0.1, 0.15) is 68.9 Å². The van der Waals surface area contributed by atoms with Gasteiger partial charge in [0.25, 0.3) is 0 Å². The normalized spacial score (nSPS) is 18.8. The van der Waals surface area contributed by atoms with E-state index in [1.54, 1.807) is 4.90 Å². The highest BCUT2D eigenvalue weighted by molar-refractivity contribution is 5.93. The number of carbonyl (C=O) groups excluding carboxylic acids is 2. The summed E-state index contributed by atoms with van der Waals surface area (Å²) >= 11 is 0. The van der Waals surface area contributed by atoms with Crippen molar-refractivity contribution in [1.29, 1.82) is 0 Å². The summed E-state index contributed by atoms with van der Waals surface area (Å²) in [4.78, 5) is 26.0. The molecule has 0 unspecified atom stereocenters. The Morgan fingerprint density at radius 1 is 1.10 bits per heavy atom. The molecular formula is C25H36N2O3. The standard InChI is InChI=1S/C25H36N2O3/c1-20-7-6-10-24(26-25(29)17-21-8-4-2-3-5-9-21)23(20)11-14-27(19-28)18-22-12-15-30-16-13-22/h6-7,10-11,14,19,21-22H,2-5,8-9,12-13,15-18H2,1H3,(H,26,29)/b14-11-. The van der Waals surface area contributed by atoms with Crippen molar-refractivity contribution in [2.45, 2.75) is 64.7 Å². The molecule has 5 nitrogen and oxygen atoms in total. The Balaban J connectivity index is 1.63. The molecule has 1 saturated carbocycles. The Morgan fingerprint density at radius 3 is 2.53 bits per heavy atom. The van der Waals surface area contributed by atoms with E-state index in [2.05, 4.69) is 5.32 Å². The molecule has 164 valence electrons. The van der Waals surface area contributed by atoms with Crippen LogP contribution >= 0.6 is 0 Å². The van der Waals surface area contributed by atoms with Crippen molar-refractivity contribution in [2.24, 2.45) is 11.8 Å². The Hall–Kier alpha value is -2.14. The second-order valence-corrected chi connectivity index (χ2v) is 8.82. The molecule has 1 N–H and O–H groups in total. The predicted molar refractivity (Wildman–Crippen MR) is 121 cm³/mol. The number of amides is 2. The molecule has 3 rings (SSSR count). The van der Waals surface area contributed by atoms with Gasteiger partial charge in [0, 0.05) is 43.6 Å². The maximum Gasteiger partial charge on any atom is 0.224 e. The number of nitrogens with zero attached hydrogens (tertiary/aromatic N) is 1. The molecule has 1 heterocycles. The van der Waals surface area contributed by atoms with Crippen LogP contribution in [0.4, 0.5) is 5.69 Å². The van der Waals surface area contributed by atoms with Crippen LogP contribution in [0.15, 0.2) is 24.4 Å². The van der Waals surface area contributed by atoms with Crippen LogP contribution in [-0.4, -0.2) is 37.0 Å². The first-order valence-electron chi connectivity index (χ1n) is 11.5. The van der Waals surface area contributed by atoms with E-state index >= 15 is 0 Å². The molecule has 1 saturated heterocycles. The minimum Gasteiger partial charge on any atom is -0.381 e. The molecule has 30 heavy (non-hydrogen) atoms. The van der Waals surface area contributed by atoms with Crippen molar-refractivity contribution in [1.82, 2.24) is 4.90 Å². The van der Waals surface area contributed by atoms with Gasteiger partial charge in [0.2, 0.25) is 12.3 Å². The Bertz CT molecular complexity index is 717. The molecule has 2 aliphatic rings. The highest BCUT2D eigenvalue weighted by Gasteiger charge is 2.18. The maximum atomic E-state index is 12.7. The lowest BCUT2D eigenvalue weighted by Gasteiger charge is -2.25. The number of anilines is 1. The number of hydrogen-bond donors (Lipinski definition) is 1. The van der Waals surface area contributed by atoms with Crippen molar-refractivity contribution in [3.63, 3.8) is 0 Å². The van der Waals surface area contributed by atoms with Crippen molar-refractivity contribution < 1.29 is 14.3 Å². The van der Waals surface area contributed by atoms with Gasteiger partial charge in [0.15, 0.2) is 0 Å². The lowest BCUT2D eigenvalue weighted by Crippen LogP contribution is -2.28. The molecule has 1 aromatic rings. The Kier molecular flexibility index (Phi) is 8.94. The van der Waals surface area contributed by atoms with Crippen molar-refractivity contribution in [3.8, 4) is 0 Å². The summed E-state index contributed by atoms with van der Waals surface area (Å²) < 4.78 is 5.41. The molecule has 2 amide bonds. The SMILES string of the molecule is Cc1cccc(NC(=O)CC2CCCCCC2)c1/C=C\N(C=O)CC1CCOCC1. The highest BCUT2D eigenvalue weighted by atomic mass is 16.5. The largest absolute Gasteiger partial charge is 0.381 e. The number of benzene rings is 1. The summed E-state index contributed by atoms with van der Waals surface area (Å²) in [5.74, 6) is 1.07. The average Bonchev–Trinajstić information content (AvgIpc) is 3.01. The van der Waals surface area contributed by atoms with Gasteiger partial charge >= 0.3 is 0 Å². The summed E-state index contributed by atoms with van der Waals surface area (Å²) in [5, 5.41) is 3.13. The summed E-state index contributed by atoms with van der Waals surface area (Å²) in [6, 6.07) is 5.94. The van der Waals surface area contributed by atoms with Crippen molar-refractivity contribution in [3.05, 3.63) is 35.5 Å². The van der Waals surface area contributed by atoms with Crippen LogP contribution in [0, 0.1) is 18.8 Å². The second kappa shape index (κ2) is 11.9. The quantitative estimate of drug-likeness (QED) is 0.474. The van der Waals surface area contributed by atoms with Crippen LogP contribution in [0.5, 0.6) is 0 Å². The van der Waals surface area contributed by atoms with Gasteiger partial charge in [0.05, 0.1) is 0 Å². The molecule has 0 atom stereocenters. The topological polar surface area (TPSA) is 58.6 Å². The Morgan fingerprint density at radius 2 is 1.83 bits per heavy atom. The number of aryl methyl sites for hydroxylation is 1. The van der Waals surface area contributed by atoms with Gasteiger partial charge in [-0.25, -0.2) is 0 Å². The number of rotatable bonds is 8. The molecular weight excluding hydrogens is 376 g/mol. The summed E-state index contributed by atoms with van der Waals surface area (Å²) in [6.45, 7) is 4.29. The monoisotopic (exact) mass is 412 g/mol. The first kappa shape index (κ1) is 22.5. The van der Waals surface area contributed by atoms with E-state index in [1.807, 2.05) is 37.4 Å². The van der Waals surface area contributed by atoms with Gasteiger partial charge < -0.3 is 15.0 Å². The third kappa shape index (κ3) is 6.98. The minimum absolute atomic E-state index is 0.0941. The lowest BCUT2D eigenvalue weighted by atomic mass is 9.96. The summed E-state index contributed by atoms with van der Waals surface area (Å²) in [6.07, 6.45) is 14.7. The van der Waals surface area contributed by atoms with E-state index in [4.69, 9.17) is 4.74 Å². The molecule has 2 fully saturated rings. The number of carbonyl (C=O) groups is 2. The molecule has 0 radical (unpaired) electrons. The number of nitrogens with one attached hydrogen (secondary N) is 1. The van der Waals surface area contributed by atoms with Gasteiger partial charge in [-0.1, -0.05) is 37.8 Å². The summed E-state index contributed by atoms with van der Waals surface area (Å²) in [7, 11) is 0. The molecule has 0 bridgehead atoms. The fourth-order valence-corrected chi connectivity index (χ4v) is 4.58. The third-order valence-corrected chi connectivity index (χ3v) is 6.42. The van der Waals surface area contributed by atoms with E-state index in [-0.39, 0.29) is 5.91 Å². The van der Waals surface area contributed by atoms with Gasteiger partial charge in [0.1, 0.15) is 0 Å². The Labute approximate surface area is 180 Å². The van der Waals surface area contributed by atoms with Gasteiger partial charge in [-0.3, -0.25) is 9.59 Å².